The van der Waals surface area contributed by atoms with Crippen molar-refractivity contribution < 1.29 is 22.9 Å². The summed E-state index contributed by atoms with van der Waals surface area (Å²) in [6, 6.07) is 9.18. The van der Waals surface area contributed by atoms with Gasteiger partial charge in [0.05, 0.1) is 9.82 Å². The van der Waals surface area contributed by atoms with Crippen LogP contribution < -0.4 is 15.4 Å². The molecule has 0 saturated heterocycles. The molecule has 29 heavy (non-hydrogen) atoms. The van der Waals surface area contributed by atoms with E-state index in [2.05, 4.69) is 10.6 Å². The van der Waals surface area contributed by atoms with Crippen molar-refractivity contribution >= 4 is 27.1 Å². The minimum absolute atomic E-state index is 0.133. The predicted octanol–water partition coefficient (Wildman–Crippen LogP) is 2.22. The zero-order chi connectivity index (χ0) is 21.6. The van der Waals surface area contributed by atoms with Gasteiger partial charge in [-0.05, 0) is 49.2 Å². The average molecular weight is 421 g/mol. The number of amides is 1. The molecule has 2 rings (SSSR count). The number of rotatable bonds is 9. The fraction of sp³-hybridized carbons (Fsp3) is 0.316. The van der Waals surface area contributed by atoms with E-state index in [0.29, 0.717) is 5.75 Å². The molecule has 0 aliphatic rings. The van der Waals surface area contributed by atoms with Crippen LogP contribution in [0.15, 0.2) is 41.3 Å². The quantitative estimate of drug-likeness (QED) is 0.361. The van der Waals surface area contributed by atoms with E-state index in [1.165, 1.54) is 12.1 Å². The third-order valence-corrected chi connectivity index (χ3v) is 5.32. The zero-order valence-electron chi connectivity index (χ0n) is 16.4. The summed E-state index contributed by atoms with van der Waals surface area (Å²) < 4.78 is 28.5. The number of aryl methyl sites for hydroxylation is 2. The molecule has 156 valence electrons. The number of carbonyl (C=O) groups excluding carboxylic acids is 1. The number of hydrogen-bond donors (Lipinski definition) is 2. The molecule has 0 saturated carbocycles. The number of anilines is 1. The van der Waals surface area contributed by atoms with Crippen LogP contribution in [0.4, 0.5) is 11.4 Å². The smallest absolute Gasteiger partial charge is 0.293 e. The lowest BCUT2D eigenvalue weighted by Crippen LogP contribution is -2.32. The Morgan fingerprint density at radius 3 is 2.45 bits per heavy atom. The van der Waals surface area contributed by atoms with E-state index in [0.717, 1.165) is 23.4 Å². The van der Waals surface area contributed by atoms with E-state index in [4.69, 9.17) is 4.74 Å². The van der Waals surface area contributed by atoms with Crippen LogP contribution in [-0.4, -0.2) is 45.2 Å². The number of ether oxygens (including phenoxy) is 1. The highest BCUT2D eigenvalue weighted by Crippen LogP contribution is 2.27. The van der Waals surface area contributed by atoms with E-state index in [9.17, 15) is 23.3 Å². The fourth-order valence-electron chi connectivity index (χ4n) is 2.45. The van der Waals surface area contributed by atoms with Crippen molar-refractivity contribution in [3.63, 3.8) is 0 Å². The largest absolute Gasteiger partial charge is 0.484 e. The number of sulfone groups is 1. The summed E-state index contributed by atoms with van der Waals surface area (Å²) in [5.74, 6) is 0.273. The van der Waals surface area contributed by atoms with Gasteiger partial charge in [0, 0.05) is 25.4 Å². The Balaban J connectivity index is 1.84. The molecule has 1 amide bonds. The topological polar surface area (TPSA) is 128 Å². The zero-order valence-corrected chi connectivity index (χ0v) is 17.2. The van der Waals surface area contributed by atoms with Crippen LogP contribution in [-0.2, 0) is 14.6 Å². The molecular formula is C19H23N3O6S. The van der Waals surface area contributed by atoms with Crippen LogP contribution in [0.2, 0.25) is 0 Å². The van der Waals surface area contributed by atoms with Crippen LogP contribution in [0.25, 0.3) is 0 Å². The van der Waals surface area contributed by atoms with Crippen molar-refractivity contribution in [3.8, 4) is 5.75 Å². The first-order valence-electron chi connectivity index (χ1n) is 8.77. The van der Waals surface area contributed by atoms with Crippen molar-refractivity contribution in [2.75, 3.05) is 31.3 Å². The van der Waals surface area contributed by atoms with Crippen LogP contribution >= 0.6 is 0 Å². The van der Waals surface area contributed by atoms with Crippen molar-refractivity contribution in [1.29, 1.82) is 0 Å². The van der Waals surface area contributed by atoms with Gasteiger partial charge in [-0.25, -0.2) is 8.42 Å². The van der Waals surface area contributed by atoms with Crippen molar-refractivity contribution in [1.82, 2.24) is 5.32 Å². The van der Waals surface area contributed by atoms with Crippen LogP contribution in [0.1, 0.15) is 11.1 Å². The Kier molecular flexibility index (Phi) is 7.16. The SMILES string of the molecule is Cc1ccc(OCC(=O)NCCNc2ccc(S(C)(=O)=O)cc2[N+](=O)[O-])cc1C. The van der Waals surface area contributed by atoms with Crippen molar-refractivity contribution in [2.24, 2.45) is 0 Å². The summed E-state index contributed by atoms with van der Waals surface area (Å²) in [5.41, 5.74) is 2.02. The Hall–Kier alpha value is -3.14. The molecule has 0 bridgehead atoms. The van der Waals surface area contributed by atoms with Crippen LogP contribution in [0.5, 0.6) is 5.75 Å². The van der Waals surface area contributed by atoms with Gasteiger partial charge in [-0.3, -0.25) is 14.9 Å². The first-order chi connectivity index (χ1) is 13.6. The minimum Gasteiger partial charge on any atom is -0.484 e. The second-order valence-corrected chi connectivity index (χ2v) is 8.54. The van der Waals surface area contributed by atoms with Gasteiger partial charge in [-0.1, -0.05) is 6.07 Å². The summed E-state index contributed by atoms with van der Waals surface area (Å²) in [4.78, 5) is 22.3. The van der Waals surface area contributed by atoms with E-state index in [1.807, 2.05) is 26.0 Å². The maximum atomic E-state index is 11.9. The molecule has 0 fully saturated rings. The normalized spacial score (nSPS) is 11.0. The molecule has 9 nitrogen and oxygen atoms in total. The molecular weight excluding hydrogens is 398 g/mol. The first kappa shape index (κ1) is 22.2. The lowest BCUT2D eigenvalue weighted by molar-refractivity contribution is -0.384. The molecule has 0 aromatic heterocycles. The van der Waals surface area contributed by atoms with Gasteiger partial charge in [0.2, 0.25) is 0 Å². The Labute approximate surface area is 169 Å². The lowest BCUT2D eigenvalue weighted by Gasteiger charge is -2.10. The second kappa shape index (κ2) is 9.37. The molecule has 0 radical (unpaired) electrons. The molecule has 0 aliphatic carbocycles. The maximum absolute atomic E-state index is 11.9. The first-order valence-corrected chi connectivity index (χ1v) is 10.7. The average Bonchev–Trinajstić information content (AvgIpc) is 2.65. The summed E-state index contributed by atoms with van der Waals surface area (Å²) in [5, 5.41) is 16.7. The van der Waals surface area contributed by atoms with Crippen molar-refractivity contribution in [2.45, 2.75) is 18.7 Å². The summed E-state index contributed by atoms with van der Waals surface area (Å²) in [6.45, 7) is 4.22. The number of nitro benzene ring substituents is 1. The highest BCUT2D eigenvalue weighted by atomic mass is 32.2. The Bertz CT molecular complexity index is 1020. The molecule has 0 aliphatic heterocycles. The molecule has 0 unspecified atom stereocenters. The molecule has 2 aromatic rings. The van der Waals surface area contributed by atoms with Gasteiger partial charge in [-0.2, -0.15) is 0 Å². The Morgan fingerprint density at radius 1 is 1.10 bits per heavy atom. The van der Waals surface area contributed by atoms with E-state index >= 15 is 0 Å². The molecule has 0 heterocycles. The molecule has 10 heteroatoms. The number of carbonyl (C=O) groups is 1. The van der Waals surface area contributed by atoms with Gasteiger partial charge >= 0.3 is 0 Å². The monoisotopic (exact) mass is 421 g/mol. The predicted molar refractivity (Wildman–Crippen MR) is 109 cm³/mol. The van der Waals surface area contributed by atoms with Gasteiger partial charge in [0.25, 0.3) is 11.6 Å². The number of nitro groups is 1. The number of nitrogens with one attached hydrogen (secondary N) is 2. The second-order valence-electron chi connectivity index (χ2n) is 6.52. The van der Waals surface area contributed by atoms with Gasteiger partial charge in [-0.15, -0.1) is 0 Å². The van der Waals surface area contributed by atoms with Crippen LogP contribution in [0.3, 0.4) is 0 Å². The van der Waals surface area contributed by atoms with Crippen molar-refractivity contribution in [3.05, 3.63) is 57.6 Å². The maximum Gasteiger partial charge on any atom is 0.293 e. The standard InChI is InChI=1S/C19H23N3O6S/c1-13-4-5-15(10-14(13)2)28-12-19(23)21-9-8-20-17-7-6-16(29(3,26)27)11-18(17)22(24)25/h4-7,10-11,20H,8-9,12H2,1-3H3,(H,21,23). The lowest BCUT2D eigenvalue weighted by atomic mass is 10.1. The summed E-state index contributed by atoms with van der Waals surface area (Å²) in [6.07, 6.45) is 0.981. The summed E-state index contributed by atoms with van der Waals surface area (Å²) >= 11 is 0. The van der Waals surface area contributed by atoms with E-state index < -0.39 is 14.8 Å². The molecule has 2 aromatic carbocycles. The third-order valence-electron chi connectivity index (χ3n) is 4.20. The molecule has 0 spiro atoms. The summed E-state index contributed by atoms with van der Waals surface area (Å²) in [7, 11) is -3.55. The molecule has 2 N–H and O–H groups in total. The van der Waals surface area contributed by atoms with Gasteiger partial charge < -0.3 is 15.4 Å². The highest BCUT2D eigenvalue weighted by molar-refractivity contribution is 7.90. The number of hydrogen-bond acceptors (Lipinski definition) is 7. The molecule has 0 atom stereocenters. The third kappa shape index (κ3) is 6.46. The van der Waals surface area contributed by atoms with Crippen LogP contribution in [0, 0.1) is 24.0 Å². The number of benzene rings is 2. The minimum atomic E-state index is -3.55. The van der Waals surface area contributed by atoms with E-state index in [1.54, 1.807) is 6.07 Å². The highest BCUT2D eigenvalue weighted by Gasteiger charge is 2.18. The van der Waals surface area contributed by atoms with Gasteiger partial charge in [0.1, 0.15) is 11.4 Å². The fourth-order valence-corrected chi connectivity index (χ4v) is 3.09. The Morgan fingerprint density at radius 2 is 1.83 bits per heavy atom. The number of nitrogens with zero attached hydrogens (tertiary/aromatic N) is 1. The van der Waals surface area contributed by atoms with E-state index in [-0.39, 0.29) is 41.9 Å². The van der Waals surface area contributed by atoms with Gasteiger partial charge in [0.15, 0.2) is 16.4 Å².